The van der Waals surface area contributed by atoms with Crippen LogP contribution < -0.4 is 25.4 Å². The summed E-state index contributed by atoms with van der Waals surface area (Å²) in [7, 11) is 0. The molecule has 0 aliphatic heterocycles. The summed E-state index contributed by atoms with van der Waals surface area (Å²) in [4.78, 5) is 28.8. The number of nitrogens with zero attached hydrogens (tertiary/aromatic N) is 3. The molecule has 0 saturated carbocycles. The first kappa shape index (κ1) is 20.2. The van der Waals surface area contributed by atoms with Gasteiger partial charge in [-0.2, -0.15) is 5.26 Å². The van der Waals surface area contributed by atoms with Gasteiger partial charge >= 0.3 is 5.97 Å². The summed E-state index contributed by atoms with van der Waals surface area (Å²) in [6, 6.07) is 5.51. The molecule has 0 aromatic carbocycles. The topological polar surface area (TPSA) is 109 Å². The van der Waals surface area contributed by atoms with E-state index in [1.54, 1.807) is 26.2 Å². The molecule has 0 amide bonds. The molecule has 2 aromatic rings. The molecule has 0 atom stereocenters. The smallest absolute Gasteiger partial charge is 0.351 e. The Morgan fingerprint density at radius 3 is 2.74 bits per heavy atom. The molecule has 2 aromatic heterocycles. The Morgan fingerprint density at radius 2 is 2.19 bits per heavy atom. The van der Waals surface area contributed by atoms with Crippen molar-refractivity contribution in [3.05, 3.63) is 37.9 Å². The molecule has 27 heavy (non-hydrogen) atoms. The zero-order chi connectivity index (χ0) is 19.8. The normalized spacial score (nSPS) is 12.3. The fourth-order valence-electron chi connectivity index (χ4n) is 2.29. The fraction of sp³-hybridized carbons (Fsp3) is 0.333. The molecular weight excluding hydrogens is 366 g/mol. The van der Waals surface area contributed by atoms with Crippen molar-refractivity contribution in [1.29, 1.82) is 5.26 Å². The Labute approximate surface area is 160 Å². The van der Waals surface area contributed by atoms with E-state index in [0.29, 0.717) is 16.8 Å². The first-order valence-electron chi connectivity index (χ1n) is 8.53. The number of rotatable bonds is 7. The lowest BCUT2D eigenvalue weighted by atomic mass is 10.3. The van der Waals surface area contributed by atoms with Crippen LogP contribution in [0.15, 0.2) is 23.1 Å². The number of ether oxygens (including phenoxy) is 1. The van der Waals surface area contributed by atoms with Gasteiger partial charge in [0.1, 0.15) is 21.1 Å². The number of carbonyl (C=O) groups excluding carboxylic acids is 1. The van der Waals surface area contributed by atoms with E-state index in [1.165, 1.54) is 4.57 Å². The summed E-state index contributed by atoms with van der Waals surface area (Å²) in [5.41, 5.74) is 0.264. The highest BCUT2D eigenvalue weighted by atomic mass is 32.1. The standard InChI is InChI=1S/C18H21N5O3S/c1-4-20-15-8-7-12(10-22-15)21-11-14-16(24)23(5-2)17(27-14)13(9-19)18(25)26-6-3/h7-8,10-11,21H,4-6H2,1-3H3,(H,20,22). The van der Waals surface area contributed by atoms with Crippen molar-refractivity contribution < 1.29 is 9.53 Å². The summed E-state index contributed by atoms with van der Waals surface area (Å²) >= 11 is 1.07. The number of pyridine rings is 1. The quantitative estimate of drug-likeness (QED) is 0.678. The van der Waals surface area contributed by atoms with Crippen molar-refractivity contribution in [3.63, 3.8) is 0 Å². The average Bonchev–Trinajstić information content (AvgIpc) is 2.97. The number of thiazole rings is 1. The van der Waals surface area contributed by atoms with Crippen molar-refractivity contribution in [2.45, 2.75) is 27.3 Å². The van der Waals surface area contributed by atoms with Crippen LogP contribution in [0.4, 0.5) is 11.5 Å². The second-order valence-electron chi connectivity index (χ2n) is 5.28. The summed E-state index contributed by atoms with van der Waals surface area (Å²) in [6.07, 6.45) is 3.19. The molecule has 9 heteroatoms. The Hall–Kier alpha value is -3.12. The maximum absolute atomic E-state index is 12.6. The predicted molar refractivity (Wildman–Crippen MR) is 106 cm³/mol. The fourth-order valence-corrected chi connectivity index (χ4v) is 3.37. The highest BCUT2D eigenvalue weighted by Gasteiger charge is 2.16. The van der Waals surface area contributed by atoms with Gasteiger partial charge in [-0.25, -0.2) is 9.78 Å². The lowest BCUT2D eigenvalue weighted by Crippen LogP contribution is -2.32. The van der Waals surface area contributed by atoms with Crippen LogP contribution in [0, 0.1) is 11.3 Å². The lowest BCUT2D eigenvalue weighted by Gasteiger charge is -2.03. The van der Waals surface area contributed by atoms with Crippen LogP contribution in [0.5, 0.6) is 0 Å². The van der Waals surface area contributed by atoms with Crippen LogP contribution in [-0.2, 0) is 16.1 Å². The number of carbonyl (C=O) groups is 1. The first-order chi connectivity index (χ1) is 13.0. The summed E-state index contributed by atoms with van der Waals surface area (Å²) < 4.78 is 6.96. The van der Waals surface area contributed by atoms with Gasteiger partial charge in [-0.3, -0.25) is 9.36 Å². The maximum Gasteiger partial charge on any atom is 0.351 e. The van der Waals surface area contributed by atoms with Crippen LogP contribution in [0.2, 0.25) is 0 Å². The number of hydrogen-bond acceptors (Lipinski definition) is 8. The SMILES string of the molecule is CCNc1ccc(NC=c2sc(=C(C#N)C(=O)OCC)n(CC)c2=O)cn1. The monoisotopic (exact) mass is 387 g/mol. The predicted octanol–water partition coefficient (Wildman–Crippen LogP) is 0.844. The lowest BCUT2D eigenvalue weighted by molar-refractivity contribution is -0.136. The summed E-state index contributed by atoms with van der Waals surface area (Å²) in [5, 5.41) is 15.5. The first-order valence-corrected chi connectivity index (χ1v) is 9.35. The van der Waals surface area contributed by atoms with Crippen molar-refractivity contribution in [1.82, 2.24) is 9.55 Å². The molecule has 0 spiro atoms. The van der Waals surface area contributed by atoms with Gasteiger partial charge < -0.3 is 15.4 Å². The number of nitriles is 1. The highest BCUT2D eigenvalue weighted by molar-refractivity contribution is 7.07. The second kappa shape index (κ2) is 9.54. The van der Waals surface area contributed by atoms with Gasteiger partial charge in [-0.05, 0) is 32.9 Å². The van der Waals surface area contributed by atoms with Gasteiger partial charge in [0, 0.05) is 19.3 Å². The van der Waals surface area contributed by atoms with Crippen LogP contribution >= 0.6 is 11.3 Å². The zero-order valence-corrected chi connectivity index (χ0v) is 16.2. The summed E-state index contributed by atoms with van der Waals surface area (Å²) in [5.74, 6) is 0.0312. The zero-order valence-electron chi connectivity index (χ0n) is 15.4. The van der Waals surface area contributed by atoms with E-state index in [9.17, 15) is 14.9 Å². The third kappa shape index (κ3) is 4.74. The Bertz CT molecular complexity index is 1020. The van der Waals surface area contributed by atoms with E-state index in [-0.39, 0.29) is 22.4 Å². The molecule has 0 aliphatic rings. The van der Waals surface area contributed by atoms with Gasteiger partial charge in [-0.15, -0.1) is 11.3 Å². The molecule has 2 heterocycles. The molecule has 0 fully saturated rings. The van der Waals surface area contributed by atoms with Gasteiger partial charge in [0.2, 0.25) is 0 Å². The van der Waals surface area contributed by atoms with Crippen molar-refractivity contribution in [2.75, 3.05) is 23.8 Å². The van der Waals surface area contributed by atoms with Gasteiger partial charge in [0.25, 0.3) is 5.56 Å². The minimum Gasteiger partial charge on any atom is -0.462 e. The average molecular weight is 387 g/mol. The number of nitrogens with one attached hydrogen (secondary N) is 2. The third-order valence-electron chi connectivity index (χ3n) is 3.52. The maximum atomic E-state index is 12.6. The van der Waals surface area contributed by atoms with Crippen LogP contribution in [0.1, 0.15) is 20.8 Å². The van der Waals surface area contributed by atoms with Gasteiger partial charge in [0.05, 0.1) is 18.5 Å². The van der Waals surface area contributed by atoms with Crippen molar-refractivity contribution in [2.24, 2.45) is 0 Å². The third-order valence-corrected chi connectivity index (χ3v) is 4.65. The Morgan fingerprint density at radius 1 is 1.41 bits per heavy atom. The molecule has 0 aliphatic carbocycles. The molecule has 8 nitrogen and oxygen atoms in total. The van der Waals surface area contributed by atoms with E-state index in [1.807, 2.05) is 25.1 Å². The van der Waals surface area contributed by atoms with E-state index in [4.69, 9.17) is 4.74 Å². The molecular formula is C18H21N5O3S. The van der Waals surface area contributed by atoms with E-state index >= 15 is 0 Å². The van der Waals surface area contributed by atoms with Crippen LogP contribution in [0.25, 0.3) is 11.8 Å². The molecule has 0 unspecified atom stereocenters. The minimum absolute atomic E-state index is 0.155. The number of aromatic nitrogens is 2. The number of hydrogen-bond donors (Lipinski definition) is 2. The van der Waals surface area contributed by atoms with Crippen molar-refractivity contribution >= 4 is 40.6 Å². The number of anilines is 2. The number of esters is 1. The summed E-state index contributed by atoms with van der Waals surface area (Å²) in [6.45, 7) is 6.69. The minimum atomic E-state index is -0.730. The van der Waals surface area contributed by atoms with Crippen molar-refractivity contribution in [3.8, 4) is 6.07 Å². The van der Waals surface area contributed by atoms with Crippen LogP contribution in [-0.4, -0.2) is 28.7 Å². The Balaban J connectivity index is 2.45. The van der Waals surface area contributed by atoms with Crippen LogP contribution in [0.3, 0.4) is 0 Å². The van der Waals surface area contributed by atoms with E-state index in [2.05, 4.69) is 15.6 Å². The van der Waals surface area contributed by atoms with Gasteiger partial charge in [-0.1, -0.05) is 0 Å². The molecule has 142 valence electrons. The van der Waals surface area contributed by atoms with E-state index in [0.717, 1.165) is 23.7 Å². The van der Waals surface area contributed by atoms with E-state index < -0.39 is 5.97 Å². The Kier molecular flexibility index (Phi) is 7.14. The molecule has 2 rings (SSSR count). The largest absolute Gasteiger partial charge is 0.462 e. The molecule has 0 saturated heterocycles. The second-order valence-corrected chi connectivity index (χ2v) is 6.31. The molecule has 2 N–H and O–H groups in total. The molecule has 0 bridgehead atoms. The highest BCUT2D eigenvalue weighted by Crippen LogP contribution is 2.09. The molecule has 0 radical (unpaired) electrons. The van der Waals surface area contributed by atoms with Gasteiger partial charge in [0.15, 0.2) is 5.57 Å².